The van der Waals surface area contributed by atoms with E-state index < -0.39 is 0 Å². The number of phenols is 1. The number of ether oxygens (including phenoxy) is 1. The molecular weight excluding hydrogens is 454 g/mol. The Kier molecular flexibility index (Phi) is 7.36. The van der Waals surface area contributed by atoms with Crippen molar-refractivity contribution in [1.82, 2.24) is 4.90 Å². The highest BCUT2D eigenvalue weighted by Crippen LogP contribution is 2.49. The normalized spacial score (nSPS) is 22.6. The summed E-state index contributed by atoms with van der Waals surface area (Å²) in [6.07, 6.45) is 4.81. The van der Waals surface area contributed by atoms with Gasteiger partial charge in [-0.2, -0.15) is 0 Å². The predicted octanol–water partition coefficient (Wildman–Crippen LogP) is 53.2. The van der Waals surface area contributed by atoms with Crippen molar-refractivity contribution in [2.24, 2.45) is 0 Å². The van der Waals surface area contributed by atoms with Crippen LogP contribution in [0.5, 0.6) is 11.5 Å². The van der Waals surface area contributed by atoms with Gasteiger partial charge in [0.15, 0.2) is 0 Å². The number of nitrogens with zero attached hydrogens (tertiary/aromatic N) is 1. The maximum Gasteiger partial charge on any atom is 0.122 e. The topological polar surface area (TPSA) is 32.7 Å². The number of likely N-dealkylation sites (tertiary alicyclic amines) is 1. The molecule has 0 aromatic heterocycles. The smallest absolute Gasteiger partial charge is 0.122 e. The Morgan fingerprint density at radius 2 is 1.73 bits per heavy atom. The number of phenolic OH excluding ortho intramolecular Hbond substituents is 1. The predicted molar refractivity (Wildman–Crippen MR) is 544 cm³/mol. The lowest BCUT2D eigenvalue weighted by molar-refractivity contribution is 0.141. The molecule has 0 spiro atoms. The van der Waals surface area contributed by atoms with Crippen molar-refractivity contribution in [2.45, 2.75) is 91.2 Å². The molecule has 3 aromatic carbocycles. The molecule has 3 nitrogen and oxygen atoms in total. The minimum atomic E-state index is 0. The van der Waals surface area contributed by atoms with Gasteiger partial charge in [-0.1, -0.05) is 36.4 Å². The van der Waals surface area contributed by atoms with E-state index in [9.17, 15) is 5.11 Å². The first-order valence-electron chi connectivity index (χ1n) is 14.1. The summed E-state index contributed by atoms with van der Waals surface area (Å²) in [7, 11) is 0. The van der Waals surface area contributed by atoms with Crippen molar-refractivity contribution in [3.05, 3.63) is 93.0 Å². The molecule has 1 fully saturated rings. The van der Waals surface area contributed by atoms with Crippen LogP contribution in [0, 0.1) is 27.7 Å². The Hall–Kier alpha value is -2.78. The lowest BCUT2D eigenvalue weighted by Crippen LogP contribution is -2.36. The van der Waals surface area contributed by atoms with E-state index in [2.05, 4.69) is 82.0 Å². The Balaban J connectivity index is -0.000000000508. The van der Waals surface area contributed by atoms with E-state index in [1.807, 2.05) is 13.0 Å². The fraction of sp³-hybridized carbons (Fsp3) is 0.471. The summed E-state index contributed by atoms with van der Waals surface area (Å²) in [5, 5.41) is 10.5. The quantitative estimate of drug-likeness (QED) is 0.268. The summed E-state index contributed by atoms with van der Waals surface area (Å²) in [6, 6.07) is 18.3. The number of benzene rings is 3. The fourth-order valence-corrected chi connectivity index (χ4v) is 6.81. The zero-order chi connectivity index (χ0) is 26.3. The Morgan fingerprint density at radius 1 is 0.946 bits per heavy atom. The second-order valence-electron chi connectivity index (χ2n) is 11.6. The van der Waals surface area contributed by atoms with Crippen LogP contribution in [0.15, 0.2) is 48.5 Å². The van der Waals surface area contributed by atoms with Gasteiger partial charge in [0.05, 0.1) is 0 Å². The van der Waals surface area contributed by atoms with Crippen LogP contribution < -0.4 is 4.74 Å². The number of hydrogen-bond acceptors (Lipinski definition) is 3. The van der Waals surface area contributed by atoms with Gasteiger partial charge in [0, 0.05) is 282 Å². The average Bonchev–Trinajstić information content (AvgIpc) is 3.27. The lowest BCUT2D eigenvalue weighted by Gasteiger charge is -2.37. The highest BCUT2D eigenvalue weighted by atomic mass is 16.5. The number of aryl methyl sites for hydroxylation is 3. The van der Waals surface area contributed by atoms with Crippen molar-refractivity contribution in [3.63, 3.8) is 0 Å². The molecule has 1 aliphatic heterocycles. The highest BCUT2D eigenvalue weighted by Gasteiger charge is 2.34. The summed E-state index contributed by atoms with van der Waals surface area (Å²) < 4.78 is 6.54. The zero-order valence-corrected chi connectivity index (χ0v) is 23.5. The van der Waals surface area contributed by atoms with Crippen molar-refractivity contribution >= 4 is 0 Å². The largest absolute Gasteiger partial charge is 0.508 e. The minimum Gasteiger partial charge on any atom is -0.508 e. The van der Waals surface area contributed by atoms with Gasteiger partial charge in [-0.15, -0.1) is 0 Å². The molecule has 5 rings (SSSR count). The van der Waals surface area contributed by atoms with E-state index in [1.165, 1.54) is 58.3 Å². The molecule has 2 unspecified atom stereocenters. The minimum absolute atomic E-state index is 0. The van der Waals surface area contributed by atoms with Crippen LogP contribution in [0.3, 0.4) is 0 Å². The van der Waals surface area contributed by atoms with Crippen molar-refractivity contribution in [1.29, 1.82) is 0 Å². The summed E-state index contributed by atoms with van der Waals surface area (Å²) in [6.45, 7) is 15.4. The van der Waals surface area contributed by atoms with Gasteiger partial charge in [0.1, 0.15) is 17.6 Å². The molecule has 1 saturated heterocycles. The van der Waals surface area contributed by atoms with E-state index in [-0.39, 0.29) is 276 Å². The molecule has 566 valence electrons. The second-order valence-corrected chi connectivity index (χ2v) is 11.6. The van der Waals surface area contributed by atoms with Crippen LogP contribution in [0.4, 0.5) is 0 Å². The maximum absolute atomic E-state index is 10.5. The van der Waals surface area contributed by atoms with Crippen molar-refractivity contribution in [3.8, 4) is 11.5 Å². The highest BCUT2D eigenvalue weighted by molar-refractivity contribution is 5.55. The summed E-state index contributed by atoms with van der Waals surface area (Å²) in [5.74, 6) is 2.06. The van der Waals surface area contributed by atoms with E-state index in [1.54, 1.807) is 0 Å². The molecular formula is C34H413NO2. The molecule has 4 atom stereocenters. The van der Waals surface area contributed by atoms with Gasteiger partial charge < -0.3 is 9.84 Å². The van der Waals surface area contributed by atoms with Crippen molar-refractivity contribution < 1.29 is 274 Å². The van der Waals surface area contributed by atoms with Crippen molar-refractivity contribution in [2.75, 3.05) is 13.1 Å². The van der Waals surface area contributed by atoms with Gasteiger partial charge in [-0.3, -0.25) is 4.90 Å². The molecule has 3 heteroatoms. The third kappa shape index (κ3) is 5.03. The molecule has 3 aromatic rings. The second kappa shape index (κ2) is 10.5. The SMILES string of the molecule is Cc1cc2c(cc1O)CC[C@H](c1ccccc1C)[C@@H]2c1ccc(OC(C)CN2CCCC2C)c(C)c1C.[HH].[HH].[HH].[HH].[HH].[HH].[HH].[HH].[HH].[HH].[HH].[HH].[HH].[HH].[HH].[HH].[HH].[HH].[HH].[HH].[HH].[HH].[HH].[HH].[HH].[HH].[HH].[HH].[HH].[HH].[HH].[HH].[HH].[HH].[HH].[HH].[HH].[HH].[HH].[HH].[HH].[HH].[HH].[HH].[HH].[HH].[HH].[HH].[HH].[HH].[HH].[HH].[HH].[HH].[HH].[HH].[HH].[HH].[HH].[HH].[HH].[HH].[HH].[HH].[HH].[HH].[HH].[HH].[HH].[HH].[HH].[HH].[HH].[HH].[HH].[HH].[HH].[HH].[HH].[HH].[HH].[HH].[HH].[HH].[HH].[HH].[HH].[HH].[HH].[HH].[HH].[HH].[HH].[HH].[HH].[HH].[HH].[HH].[HH].[HH].[HH].[HH].[HH].[HH].[HH].[HH].[HH].[HH].[HH].[HH].[HH].[HH].[HH].[HH].[HH].[HH].[HH].[HH].[HH].[HH].[HH].[HH].[HH].[HH].[HH].[HH].[HH].[HH].[HH].[HH].[HH].[HH].[HH].[HH].[HH].[HH].[HH].[HH].[HH].[HH].[HH].[HH].[HH].[HH].[HH].[HH].[HH].[HH].[HH].[HH].[HH].[HH].[HH].[HH].[HH].[HH].[HH].[HH].[HH].[HH].[HH].[HH].[HH].[HH].[HH].[HH].[HH].[HH].[HH].[HH].[HH].[HH].[HH].[HH].[HH].[HH].[HH].[HH].[HH].[HH].[HH].[HH].[HH].[HH].[HH]. The molecule has 37 heavy (non-hydrogen) atoms. The molecule has 0 saturated carbocycles. The number of rotatable bonds is 6. The number of hydrogen-bond donors (Lipinski definition) is 1. The monoisotopic (exact) mass is 870 g/mol. The van der Waals surface area contributed by atoms with Crippen LogP contribution in [0.2, 0.25) is 0 Å². The summed E-state index contributed by atoms with van der Waals surface area (Å²) >= 11 is 0. The lowest BCUT2D eigenvalue weighted by atomic mass is 9.67. The summed E-state index contributed by atoms with van der Waals surface area (Å²) in [5.41, 5.74) is 10.3. The molecule has 1 heterocycles. The van der Waals surface area contributed by atoms with E-state index in [4.69, 9.17) is 4.74 Å². The van der Waals surface area contributed by atoms with Gasteiger partial charge in [0.25, 0.3) is 0 Å². The molecule has 1 aliphatic carbocycles. The standard InChI is InChI=1S/C34H43NO2.185H2/c1-21-10-7-8-12-28(21)30-14-13-27-19-32(36)22(2)18-31(27)34(30)29-15-16-33(26(6)25(29)5)37-24(4)20-35-17-9-11-23(35)3;;;;;;;;;;;;;;;;;;;;;;;;;;;;;;;;;;;;;;;;;;;;;;;;;;;;;;;;;;;;;;;;;;;;;;;;;;;;;;;;;;;;;;;;;;;;;;;;;;;;;;;;;;;;;;;;;;;;;;;;;;;;;;;;;;;;;;;;;;;;;;;;;;;;;;;;;;;;;;;;;;;;;;;;;;;;;;;;;;;;;;;;;/h7-8,10,12,15-16,18-19,23-24,30,34,36H,9,11,13-14,17,20H2,1-6H3;185*1H/t23?,24?,30-,34+;;;;;;;;;;;;;;;;;;;;;;;;;;;;;;;;;;;;;;;;;;;;;;;;;;;;;;;;;;;;;;;;;;;;;;;;;;;;;;;;;;;;;;;;;;;;;;;;;;;;;;;;;;;;;;;;;;;;;;;;;;;;;;;;;;;;;;;;;;;;;;;;;;;;;;;;;;;;;;;;;;;;;;;;;;;;;;;;;;;;;;;;;/m1........................................................................................................................................................................................./s1. The van der Waals surface area contributed by atoms with Gasteiger partial charge in [-0.05, 0) is 136 Å². The van der Waals surface area contributed by atoms with E-state index in [0.29, 0.717) is 17.7 Å². The molecule has 0 bridgehead atoms. The van der Waals surface area contributed by atoms with Gasteiger partial charge in [-0.25, -0.2) is 0 Å². The Labute approximate surface area is 498 Å². The fourth-order valence-electron chi connectivity index (χ4n) is 6.81. The maximum atomic E-state index is 10.5. The van der Waals surface area contributed by atoms with Gasteiger partial charge in [0.2, 0.25) is 0 Å². The van der Waals surface area contributed by atoms with E-state index >= 15 is 0 Å². The number of aromatic hydroxyl groups is 1. The molecule has 2 aliphatic rings. The van der Waals surface area contributed by atoms with Crippen LogP contribution >= 0.6 is 0 Å². The van der Waals surface area contributed by atoms with E-state index in [0.717, 1.165) is 30.7 Å². The van der Waals surface area contributed by atoms with Crippen LogP contribution in [-0.2, 0) is 6.42 Å². The first kappa shape index (κ1) is 25.9. The Morgan fingerprint density at radius 3 is 2.46 bits per heavy atom. The average molecular weight is 871 g/mol. The first-order valence-corrected chi connectivity index (χ1v) is 14.1. The molecule has 0 amide bonds. The molecule has 1 N–H and O–H groups in total. The van der Waals surface area contributed by atoms with Gasteiger partial charge >= 0.3 is 0 Å². The third-order valence-corrected chi connectivity index (χ3v) is 9.13. The zero-order valence-electron chi connectivity index (χ0n) is 23.5. The Bertz CT molecular complexity index is 1420. The molecule has 0 radical (unpaired) electrons. The third-order valence-electron chi connectivity index (χ3n) is 9.13. The van der Waals surface area contributed by atoms with Crippen LogP contribution in [0.1, 0.15) is 353 Å². The van der Waals surface area contributed by atoms with Crippen LogP contribution in [0.25, 0.3) is 0 Å². The number of fused-ring (bicyclic) bond motifs is 1. The van der Waals surface area contributed by atoms with Crippen LogP contribution in [-0.4, -0.2) is 35.2 Å². The first-order chi connectivity index (χ1) is 17.7. The summed E-state index contributed by atoms with van der Waals surface area (Å²) in [4.78, 5) is 2.56.